The van der Waals surface area contributed by atoms with Crippen LogP contribution in [-0.4, -0.2) is 33.7 Å². The minimum absolute atomic E-state index is 0.417. The minimum atomic E-state index is -0.417. The molecule has 0 amide bonds. The third kappa shape index (κ3) is 19.1. The minimum Gasteiger partial charge on any atom is -0.385 e. The summed E-state index contributed by atoms with van der Waals surface area (Å²) in [4.78, 5) is 0. The Morgan fingerprint density at radius 3 is 1.50 bits per heavy atom. The zero-order valence-electron chi connectivity index (χ0n) is 23.0. The van der Waals surface area contributed by atoms with Gasteiger partial charge in [0.1, 0.15) is 0 Å². The number of unbranched alkanes of at least 4 members (excludes halogenated alkanes) is 12. The topological polar surface area (TPSA) is 27.7 Å². The van der Waals surface area contributed by atoms with Crippen LogP contribution in [-0.2, 0) is 14.2 Å². The molecule has 0 saturated heterocycles. The van der Waals surface area contributed by atoms with Crippen molar-refractivity contribution in [1.29, 1.82) is 0 Å². The van der Waals surface area contributed by atoms with Crippen LogP contribution in [0.2, 0.25) is 0 Å². The Balaban J connectivity index is 0. The summed E-state index contributed by atoms with van der Waals surface area (Å²) >= 11 is 0. The maximum absolute atomic E-state index is 6.07. The highest BCUT2D eigenvalue weighted by Crippen LogP contribution is 2.36. The molecule has 0 bridgehead atoms. The summed E-state index contributed by atoms with van der Waals surface area (Å²) in [6.45, 7) is 10.6. The number of hydrogen-bond acceptors (Lipinski definition) is 3. The Hall–Kier alpha value is -0.380. The van der Waals surface area contributed by atoms with Gasteiger partial charge in [-0.3, -0.25) is 0 Å². The van der Waals surface area contributed by atoms with E-state index in [1.807, 2.05) is 21.1 Å². The van der Waals surface area contributed by atoms with E-state index < -0.39 is 5.79 Å². The quantitative estimate of drug-likeness (QED) is 0.0870. The van der Waals surface area contributed by atoms with Crippen molar-refractivity contribution < 1.29 is 14.2 Å². The van der Waals surface area contributed by atoms with Crippen LogP contribution in [0.3, 0.4) is 0 Å². The van der Waals surface area contributed by atoms with E-state index in [1.165, 1.54) is 96.3 Å². The van der Waals surface area contributed by atoms with Gasteiger partial charge in [-0.2, -0.15) is 0 Å². The van der Waals surface area contributed by atoms with Crippen molar-refractivity contribution in [3.63, 3.8) is 0 Å². The molecule has 1 atom stereocenters. The molecule has 0 spiro atoms. The van der Waals surface area contributed by atoms with Crippen molar-refractivity contribution in [2.75, 3.05) is 27.9 Å². The summed E-state index contributed by atoms with van der Waals surface area (Å²) in [6, 6.07) is 0. The Morgan fingerprint density at radius 1 is 0.656 bits per heavy atom. The average Bonchev–Trinajstić information content (AvgIpc) is 2.80. The standard InChI is InChI=1S/C26H54O3.C3H6/c1-6-8-10-12-14-15-17-19-23-26(28-4,29-5)25(22-20-24-27-3)21-18-16-13-11-9-7-2;1-3-2/h25H,6-24H2,1-5H3;3H,1H2,2H3. The van der Waals surface area contributed by atoms with E-state index in [0.29, 0.717) is 5.92 Å². The molecule has 0 rings (SSSR count). The van der Waals surface area contributed by atoms with Gasteiger partial charge in [0.25, 0.3) is 0 Å². The summed E-state index contributed by atoms with van der Waals surface area (Å²) < 4.78 is 17.5. The van der Waals surface area contributed by atoms with Gasteiger partial charge in [0.05, 0.1) is 0 Å². The van der Waals surface area contributed by atoms with E-state index in [4.69, 9.17) is 14.2 Å². The highest BCUT2D eigenvalue weighted by molar-refractivity contribution is 4.80. The molecule has 0 aliphatic heterocycles. The number of ether oxygens (including phenoxy) is 3. The van der Waals surface area contributed by atoms with E-state index in [2.05, 4.69) is 20.4 Å². The molecule has 1 unspecified atom stereocenters. The van der Waals surface area contributed by atoms with Crippen LogP contribution in [0.1, 0.15) is 136 Å². The fourth-order valence-corrected chi connectivity index (χ4v) is 4.56. The lowest BCUT2D eigenvalue weighted by molar-refractivity contribution is -0.247. The van der Waals surface area contributed by atoms with Crippen LogP contribution >= 0.6 is 0 Å². The first-order valence-electron chi connectivity index (χ1n) is 13.8. The second-order valence-electron chi connectivity index (χ2n) is 9.24. The Labute approximate surface area is 203 Å². The highest BCUT2D eigenvalue weighted by atomic mass is 16.7. The van der Waals surface area contributed by atoms with Gasteiger partial charge in [-0.05, 0) is 32.6 Å². The van der Waals surface area contributed by atoms with Crippen molar-refractivity contribution in [2.45, 2.75) is 142 Å². The molecule has 0 heterocycles. The van der Waals surface area contributed by atoms with Crippen LogP contribution in [0.15, 0.2) is 12.7 Å². The largest absolute Gasteiger partial charge is 0.385 e. The maximum Gasteiger partial charge on any atom is 0.170 e. The SMILES string of the molecule is C=CC.CCCCCCCCCCC(OC)(OC)C(CCCCCCCC)CCCOC. The lowest BCUT2D eigenvalue weighted by Crippen LogP contribution is -2.42. The molecule has 0 saturated carbocycles. The fourth-order valence-electron chi connectivity index (χ4n) is 4.56. The lowest BCUT2D eigenvalue weighted by atomic mass is 9.84. The monoisotopic (exact) mass is 456 g/mol. The molecule has 0 aliphatic carbocycles. The first kappa shape index (κ1) is 33.8. The van der Waals surface area contributed by atoms with Gasteiger partial charge in [-0.25, -0.2) is 0 Å². The molecule has 3 nitrogen and oxygen atoms in total. The smallest absolute Gasteiger partial charge is 0.170 e. The van der Waals surface area contributed by atoms with Crippen LogP contribution in [0.25, 0.3) is 0 Å². The van der Waals surface area contributed by atoms with Crippen LogP contribution in [0, 0.1) is 5.92 Å². The zero-order chi connectivity index (χ0) is 24.3. The predicted molar refractivity (Wildman–Crippen MR) is 142 cm³/mol. The molecule has 3 heteroatoms. The number of hydrogen-bond donors (Lipinski definition) is 0. The van der Waals surface area contributed by atoms with E-state index >= 15 is 0 Å². The fraction of sp³-hybridized carbons (Fsp3) is 0.931. The molecule has 32 heavy (non-hydrogen) atoms. The third-order valence-corrected chi connectivity index (χ3v) is 6.50. The van der Waals surface area contributed by atoms with E-state index in [0.717, 1.165) is 25.9 Å². The van der Waals surface area contributed by atoms with E-state index in [9.17, 15) is 0 Å². The van der Waals surface area contributed by atoms with Gasteiger partial charge in [0, 0.05) is 40.3 Å². The molecule has 0 aliphatic rings. The summed E-state index contributed by atoms with van der Waals surface area (Å²) in [5.41, 5.74) is 0. The van der Waals surface area contributed by atoms with E-state index in [-0.39, 0.29) is 0 Å². The van der Waals surface area contributed by atoms with Gasteiger partial charge < -0.3 is 14.2 Å². The number of methoxy groups -OCH3 is 3. The maximum atomic E-state index is 6.07. The van der Waals surface area contributed by atoms with Crippen LogP contribution < -0.4 is 0 Å². The van der Waals surface area contributed by atoms with E-state index in [1.54, 1.807) is 13.2 Å². The molecular formula is C29H60O3. The van der Waals surface area contributed by atoms with Crippen LogP contribution in [0.5, 0.6) is 0 Å². The molecule has 0 fully saturated rings. The van der Waals surface area contributed by atoms with Crippen LogP contribution in [0.4, 0.5) is 0 Å². The van der Waals surface area contributed by atoms with Crippen molar-refractivity contribution in [3.8, 4) is 0 Å². The molecule has 194 valence electrons. The van der Waals surface area contributed by atoms with Gasteiger partial charge in [-0.1, -0.05) is 103 Å². The first-order valence-corrected chi connectivity index (χ1v) is 13.8. The average molecular weight is 457 g/mol. The molecule has 0 aromatic carbocycles. The predicted octanol–water partition coefficient (Wildman–Crippen LogP) is 9.49. The normalized spacial score (nSPS) is 12.3. The molecular weight excluding hydrogens is 396 g/mol. The van der Waals surface area contributed by atoms with Crippen molar-refractivity contribution in [2.24, 2.45) is 5.92 Å². The Kier molecular flexibility index (Phi) is 28.4. The van der Waals surface area contributed by atoms with Gasteiger partial charge >= 0.3 is 0 Å². The van der Waals surface area contributed by atoms with Crippen molar-refractivity contribution in [1.82, 2.24) is 0 Å². The highest BCUT2D eigenvalue weighted by Gasteiger charge is 2.37. The lowest BCUT2D eigenvalue weighted by Gasteiger charge is -2.39. The second-order valence-corrected chi connectivity index (χ2v) is 9.24. The van der Waals surface area contributed by atoms with Gasteiger partial charge in [0.15, 0.2) is 5.79 Å². The molecule has 0 aromatic rings. The third-order valence-electron chi connectivity index (χ3n) is 6.50. The molecule has 0 aromatic heterocycles. The van der Waals surface area contributed by atoms with Gasteiger partial charge in [0.2, 0.25) is 0 Å². The number of allylic oxidation sites excluding steroid dienone is 1. The van der Waals surface area contributed by atoms with Crippen molar-refractivity contribution in [3.05, 3.63) is 12.7 Å². The Morgan fingerprint density at radius 2 is 1.06 bits per heavy atom. The summed E-state index contributed by atoms with van der Waals surface area (Å²) in [5.74, 6) is 0.0442. The number of rotatable bonds is 23. The first-order chi connectivity index (χ1) is 15.6. The molecule has 0 N–H and O–H groups in total. The summed E-state index contributed by atoms with van der Waals surface area (Å²) in [6.07, 6.45) is 25.0. The zero-order valence-corrected chi connectivity index (χ0v) is 23.0. The molecule has 0 radical (unpaired) electrons. The summed E-state index contributed by atoms with van der Waals surface area (Å²) in [7, 11) is 5.49. The van der Waals surface area contributed by atoms with Crippen molar-refractivity contribution >= 4 is 0 Å². The summed E-state index contributed by atoms with van der Waals surface area (Å²) in [5, 5.41) is 0. The second kappa shape index (κ2) is 26.9. The Bertz CT molecular complexity index is 352. The van der Waals surface area contributed by atoms with Gasteiger partial charge in [-0.15, -0.1) is 6.58 Å².